The SMILES string of the molecule is O=C(CCC(F)(F)F)N1CC(N2CCOCC2)C1. The first-order chi connectivity index (χ1) is 8.46. The maximum absolute atomic E-state index is 12.0. The number of hydrogen-bond acceptors (Lipinski definition) is 3. The Labute approximate surface area is 104 Å². The normalized spacial score (nSPS) is 22.9. The Hall–Kier alpha value is -0.820. The second-order valence-corrected chi connectivity index (χ2v) is 4.72. The van der Waals surface area contributed by atoms with Crippen molar-refractivity contribution in [3.8, 4) is 0 Å². The summed E-state index contributed by atoms with van der Waals surface area (Å²) in [5.41, 5.74) is 0. The maximum Gasteiger partial charge on any atom is 0.389 e. The summed E-state index contributed by atoms with van der Waals surface area (Å²) < 4.78 is 41.1. The molecule has 2 aliphatic rings. The van der Waals surface area contributed by atoms with Gasteiger partial charge < -0.3 is 9.64 Å². The van der Waals surface area contributed by atoms with Crippen molar-refractivity contribution in [2.24, 2.45) is 0 Å². The maximum atomic E-state index is 12.0. The van der Waals surface area contributed by atoms with Crippen LogP contribution in [-0.4, -0.2) is 67.3 Å². The molecule has 0 bridgehead atoms. The van der Waals surface area contributed by atoms with Gasteiger partial charge in [0.15, 0.2) is 0 Å². The molecule has 0 spiro atoms. The van der Waals surface area contributed by atoms with Gasteiger partial charge in [0.2, 0.25) is 5.91 Å². The van der Waals surface area contributed by atoms with Crippen molar-refractivity contribution >= 4 is 5.91 Å². The van der Waals surface area contributed by atoms with Crippen LogP contribution in [0.15, 0.2) is 0 Å². The number of likely N-dealkylation sites (tertiary alicyclic amines) is 1. The monoisotopic (exact) mass is 266 g/mol. The van der Waals surface area contributed by atoms with Crippen molar-refractivity contribution < 1.29 is 22.7 Å². The van der Waals surface area contributed by atoms with Crippen LogP contribution in [-0.2, 0) is 9.53 Å². The molecule has 0 saturated carbocycles. The van der Waals surface area contributed by atoms with Gasteiger partial charge in [-0.3, -0.25) is 9.69 Å². The lowest BCUT2D eigenvalue weighted by Crippen LogP contribution is -2.62. The van der Waals surface area contributed by atoms with E-state index >= 15 is 0 Å². The third-order valence-corrected chi connectivity index (χ3v) is 3.40. The first-order valence-corrected chi connectivity index (χ1v) is 6.12. The molecule has 0 aliphatic carbocycles. The Bertz CT molecular complexity index is 297. The number of alkyl halides is 3. The van der Waals surface area contributed by atoms with E-state index in [0.29, 0.717) is 32.3 Å². The Balaban J connectivity index is 1.67. The molecular weight excluding hydrogens is 249 g/mol. The van der Waals surface area contributed by atoms with Crippen molar-refractivity contribution in [1.29, 1.82) is 0 Å². The molecule has 2 fully saturated rings. The third-order valence-electron chi connectivity index (χ3n) is 3.40. The zero-order valence-corrected chi connectivity index (χ0v) is 10.1. The van der Waals surface area contributed by atoms with Crippen LogP contribution in [0.5, 0.6) is 0 Å². The van der Waals surface area contributed by atoms with Crippen molar-refractivity contribution in [1.82, 2.24) is 9.80 Å². The summed E-state index contributed by atoms with van der Waals surface area (Å²) in [6, 6.07) is 0.295. The van der Waals surface area contributed by atoms with Gasteiger partial charge >= 0.3 is 6.18 Å². The minimum atomic E-state index is -4.25. The van der Waals surface area contributed by atoms with Gasteiger partial charge in [0.25, 0.3) is 0 Å². The van der Waals surface area contributed by atoms with Crippen molar-refractivity contribution in [2.45, 2.75) is 25.1 Å². The lowest BCUT2D eigenvalue weighted by atomic mass is 10.1. The molecule has 2 aliphatic heterocycles. The molecule has 2 heterocycles. The van der Waals surface area contributed by atoms with Crippen LogP contribution in [0.2, 0.25) is 0 Å². The van der Waals surface area contributed by atoms with Gasteiger partial charge in [0.1, 0.15) is 0 Å². The predicted molar refractivity (Wildman–Crippen MR) is 58.0 cm³/mol. The predicted octanol–water partition coefficient (Wildman–Crippen LogP) is 0.872. The molecule has 0 N–H and O–H groups in total. The average molecular weight is 266 g/mol. The van der Waals surface area contributed by atoms with E-state index in [9.17, 15) is 18.0 Å². The molecule has 18 heavy (non-hydrogen) atoms. The molecular formula is C11H17F3N2O2. The quantitative estimate of drug-likeness (QED) is 0.760. The second kappa shape index (κ2) is 5.44. The van der Waals surface area contributed by atoms with Crippen LogP contribution in [0.3, 0.4) is 0 Å². The van der Waals surface area contributed by atoms with Crippen molar-refractivity contribution in [3.05, 3.63) is 0 Å². The summed E-state index contributed by atoms with van der Waals surface area (Å²) in [4.78, 5) is 15.2. The first-order valence-electron chi connectivity index (χ1n) is 6.12. The number of hydrogen-bond donors (Lipinski definition) is 0. The molecule has 2 rings (SSSR count). The van der Waals surface area contributed by atoms with Gasteiger partial charge in [-0.15, -0.1) is 0 Å². The lowest BCUT2D eigenvalue weighted by molar-refractivity contribution is -0.154. The van der Waals surface area contributed by atoms with Crippen molar-refractivity contribution in [3.63, 3.8) is 0 Å². The molecule has 4 nitrogen and oxygen atoms in total. The molecule has 7 heteroatoms. The zero-order valence-electron chi connectivity index (χ0n) is 10.1. The molecule has 104 valence electrons. The highest BCUT2D eigenvalue weighted by atomic mass is 19.4. The number of amides is 1. The summed E-state index contributed by atoms with van der Waals surface area (Å²) in [7, 11) is 0. The van der Waals surface area contributed by atoms with E-state index in [-0.39, 0.29) is 0 Å². The number of carbonyl (C=O) groups excluding carboxylic acids is 1. The fourth-order valence-corrected chi connectivity index (χ4v) is 2.24. The minimum Gasteiger partial charge on any atom is -0.379 e. The van der Waals surface area contributed by atoms with Crippen LogP contribution in [0.25, 0.3) is 0 Å². The molecule has 0 atom stereocenters. The van der Waals surface area contributed by atoms with Crippen molar-refractivity contribution in [2.75, 3.05) is 39.4 Å². The highest BCUT2D eigenvalue weighted by molar-refractivity contribution is 5.77. The highest BCUT2D eigenvalue weighted by Crippen LogP contribution is 2.23. The van der Waals surface area contributed by atoms with Gasteiger partial charge in [0, 0.05) is 38.6 Å². The van der Waals surface area contributed by atoms with Crippen LogP contribution in [0, 0.1) is 0 Å². The zero-order chi connectivity index (χ0) is 13.2. The van der Waals surface area contributed by atoms with Gasteiger partial charge in [-0.25, -0.2) is 0 Å². The van der Waals surface area contributed by atoms with Crippen LogP contribution < -0.4 is 0 Å². The van der Waals surface area contributed by atoms with Crippen LogP contribution >= 0.6 is 0 Å². The van der Waals surface area contributed by atoms with E-state index < -0.39 is 24.9 Å². The third kappa shape index (κ3) is 3.58. The number of morpholine rings is 1. The van der Waals surface area contributed by atoms with Gasteiger partial charge in [0.05, 0.1) is 19.6 Å². The van der Waals surface area contributed by atoms with E-state index in [4.69, 9.17) is 4.74 Å². The standard InChI is InChI=1S/C11H17F3N2O2/c12-11(13,14)2-1-10(17)16-7-9(8-16)15-3-5-18-6-4-15/h9H,1-8H2. The van der Waals surface area contributed by atoms with Gasteiger partial charge in [-0.05, 0) is 0 Å². The Kier molecular flexibility index (Phi) is 4.11. The number of ether oxygens (including phenoxy) is 1. The smallest absolute Gasteiger partial charge is 0.379 e. The summed E-state index contributed by atoms with van der Waals surface area (Å²) in [5, 5.41) is 0. The molecule has 1 amide bonds. The topological polar surface area (TPSA) is 32.8 Å². The van der Waals surface area contributed by atoms with Crippen LogP contribution in [0.1, 0.15) is 12.8 Å². The number of rotatable bonds is 3. The Morgan fingerprint density at radius 3 is 2.39 bits per heavy atom. The molecule has 0 unspecified atom stereocenters. The largest absolute Gasteiger partial charge is 0.389 e. The summed E-state index contributed by atoms with van der Waals surface area (Å²) in [6.45, 7) is 4.18. The first kappa shape index (κ1) is 13.6. The summed E-state index contributed by atoms with van der Waals surface area (Å²) in [6.07, 6.45) is -5.70. The number of nitrogens with zero attached hydrogens (tertiary/aromatic N) is 2. The van der Waals surface area contributed by atoms with E-state index in [1.165, 1.54) is 4.90 Å². The molecule has 0 aromatic rings. The average Bonchev–Trinajstić information content (AvgIpc) is 2.25. The van der Waals surface area contributed by atoms with Gasteiger partial charge in [-0.1, -0.05) is 0 Å². The van der Waals surface area contributed by atoms with Crippen LogP contribution in [0.4, 0.5) is 13.2 Å². The molecule has 2 saturated heterocycles. The summed E-state index contributed by atoms with van der Waals surface area (Å²) in [5.74, 6) is -0.392. The van der Waals surface area contributed by atoms with E-state index in [0.717, 1.165) is 13.1 Å². The van der Waals surface area contributed by atoms with E-state index in [2.05, 4.69) is 4.90 Å². The number of halogens is 3. The second-order valence-electron chi connectivity index (χ2n) is 4.72. The Morgan fingerprint density at radius 1 is 1.22 bits per heavy atom. The van der Waals surface area contributed by atoms with E-state index in [1.54, 1.807) is 0 Å². The fraction of sp³-hybridized carbons (Fsp3) is 0.909. The fourth-order valence-electron chi connectivity index (χ4n) is 2.24. The minimum absolute atomic E-state index is 0.295. The Morgan fingerprint density at radius 2 is 1.83 bits per heavy atom. The van der Waals surface area contributed by atoms with Gasteiger partial charge in [-0.2, -0.15) is 13.2 Å². The summed E-state index contributed by atoms with van der Waals surface area (Å²) >= 11 is 0. The van der Waals surface area contributed by atoms with E-state index in [1.807, 2.05) is 0 Å². The number of carbonyl (C=O) groups is 1. The lowest BCUT2D eigenvalue weighted by Gasteiger charge is -2.46. The molecule has 0 radical (unpaired) electrons. The molecule has 0 aromatic heterocycles. The highest BCUT2D eigenvalue weighted by Gasteiger charge is 2.36. The molecule has 0 aromatic carbocycles.